The van der Waals surface area contributed by atoms with Crippen molar-refractivity contribution in [1.82, 2.24) is 10.6 Å². The van der Waals surface area contributed by atoms with Gasteiger partial charge in [0.25, 0.3) is 0 Å². The van der Waals surface area contributed by atoms with Crippen molar-refractivity contribution in [2.24, 2.45) is 4.99 Å². The molecule has 26 heavy (non-hydrogen) atoms. The average Bonchev–Trinajstić information content (AvgIpc) is 3.17. The molecule has 0 amide bonds. The number of guanidine groups is 1. The van der Waals surface area contributed by atoms with Crippen molar-refractivity contribution in [2.75, 3.05) is 33.4 Å². The SMILES string of the molecule is CN=C(NCCCOCc1ccco1)NCCCOc1ccc(C)cc1. The summed E-state index contributed by atoms with van der Waals surface area (Å²) in [6.07, 6.45) is 3.46. The Labute approximate surface area is 155 Å². The fourth-order valence-electron chi connectivity index (χ4n) is 2.27. The van der Waals surface area contributed by atoms with Gasteiger partial charge in [-0.25, -0.2) is 0 Å². The van der Waals surface area contributed by atoms with Gasteiger partial charge in [0.1, 0.15) is 18.1 Å². The summed E-state index contributed by atoms with van der Waals surface area (Å²) in [7, 11) is 1.77. The van der Waals surface area contributed by atoms with Crippen molar-refractivity contribution in [3.05, 3.63) is 54.0 Å². The number of ether oxygens (including phenoxy) is 2. The number of aliphatic imine (C=N–C) groups is 1. The molecule has 1 aromatic heterocycles. The van der Waals surface area contributed by atoms with Crippen LogP contribution in [0.15, 0.2) is 52.1 Å². The van der Waals surface area contributed by atoms with Crippen LogP contribution in [-0.2, 0) is 11.3 Å². The molecule has 0 unspecified atom stereocenters. The summed E-state index contributed by atoms with van der Waals surface area (Å²) in [5.41, 5.74) is 1.24. The Hall–Kier alpha value is -2.47. The minimum Gasteiger partial charge on any atom is -0.494 e. The van der Waals surface area contributed by atoms with E-state index in [9.17, 15) is 0 Å². The van der Waals surface area contributed by atoms with Gasteiger partial charge in [-0.2, -0.15) is 0 Å². The third-order valence-electron chi connectivity index (χ3n) is 3.71. The maximum absolute atomic E-state index is 5.71. The van der Waals surface area contributed by atoms with E-state index in [2.05, 4.69) is 34.7 Å². The summed E-state index contributed by atoms with van der Waals surface area (Å²) in [6.45, 7) is 5.54. The molecule has 0 saturated heterocycles. The lowest BCUT2D eigenvalue weighted by Gasteiger charge is -2.12. The van der Waals surface area contributed by atoms with Crippen LogP contribution in [0.2, 0.25) is 0 Å². The van der Waals surface area contributed by atoms with Crippen molar-refractivity contribution in [2.45, 2.75) is 26.4 Å². The lowest BCUT2D eigenvalue weighted by Crippen LogP contribution is -2.38. The molecule has 0 bridgehead atoms. The number of nitrogens with zero attached hydrogens (tertiary/aromatic N) is 1. The second-order valence-electron chi connectivity index (χ2n) is 5.93. The van der Waals surface area contributed by atoms with Crippen LogP contribution < -0.4 is 15.4 Å². The normalized spacial score (nSPS) is 11.4. The Bertz CT molecular complexity index is 624. The van der Waals surface area contributed by atoms with E-state index in [0.717, 1.165) is 43.4 Å². The van der Waals surface area contributed by atoms with Crippen molar-refractivity contribution in [3.63, 3.8) is 0 Å². The monoisotopic (exact) mass is 359 g/mol. The molecule has 0 spiro atoms. The predicted molar refractivity (Wildman–Crippen MR) is 104 cm³/mol. The van der Waals surface area contributed by atoms with Gasteiger partial charge in [0.05, 0.1) is 12.9 Å². The minimum atomic E-state index is 0.515. The minimum absolute atomic E-state index is 0.515. The van der Waals surface area contributed by atoms with E-state index in [4.69, 9.17) is 13.9 Å². The van der Waals surface area contributed by atoms with Crippen molar-refractivity contribution >= 4 is 5.96 Å². The molecule has 0 atom stereocenters. The molecule has 0 aliphatic heterocycles. The van der Waals surface area contributed by atoms with Crippen molar-refractivity contribution < 1.29 is 13.9 Å². The van der Waals surface area contributed by atoms with Crippen LogP contribution in [0.3, 0.4) is 0 Å². The third kappa shape index (κ3) is 8.07. The van der Waals surface area contributed by atoms with Gasteiger partial charge >= 0.3 is 0 Å². The van der Waals surface area contributed by atoms with Gasteiger partial charge < -0.3 is 24.5 Å². The summed E-state index contributed by atoms with van der Waals surface area (Å²) in [4.78, 5) is 4.21. The van der Waals surface area contributed by atoms with Crippen LogP contribution in [0.5, 0.6) is 5.75 Å². The number of aryl methyl sites for hydroxylation is 1. The number of hydrogen-bond donors (Lipinski definition) is 2. The van der Waals surface area contributed by atoms with E-state index >= 15 is 0 Å². The van der Waals surface area contributed by atoms with E-state index in [1.807, 2.05) is 24.3 Å². The Kier molecular flexibility index (Phi) is 9.14. The lowest BCUT2D eigenvalue weighted by atomic mass is 10.2. The van der Waals surface area contributed by atoms with E-state index in [1.165, 1.54) is 5.56 Å². The Morgan fingerprint density at radius 3 is 2.42 bits per heavy atom. The number of benzene rings is 1. The average molecular weight is 359 g/mol. The molecule has 6 nitrogen and oxygen atoms in total. The van der Waals surface area contributed by atoms with Gasteiger partial charge in [-0.3, -0.25) is 4.99 Å². The van der Waals surface area contributed by atoms with E-state index in [1.54, 1.807) is 13.3 Å². The molecule has 0 radical (unpaired) electrons. The predicted octanol–water partition coefficient (Wildman–Crippen LogP) is 3.13. The van der Waals surface area contributed by atoms with Gasteiger partial charge in [0.15, 0.2) is 5.96 Å². The second kappa shape index (κ2) is 12.0. The zero-order chi connectivity index (χ0) is 18.5. The fraction of sp³-hybridized carbons (Fsp3) is 0.450. The lowest BCUT2D eigenvalue weighted by molar-refractivity contribution is 0.105. The molecule has 2 N–H and O–H groups in total. The fourth-order valence-corrected chi connectivity index (χ4v) is 2.27. The zero-order valence-electron chi connectivity index (χ0n) is 15.7. The molecule has 6 heteroatoms. The number of rotatable bonds is 11. The number of furan rings is 1. The summed E-state index contributed by atoms with van der Waals surface area (Å²) in [5.74, 6) is 2.56. The Morgan fingerprint density at radius 2 is 1.77 bits per heavy atom. The Morgan fingerprint density at radius 1 is 1.04 bits per heavy atom. The number of nitrogens with one attached hydrogen (secondary N) is 2. The van der Waals surface area contributed by atoms with Gasteiger partial charge in [-0.15, -0.1) is 0 Å². The van der Waals surface area contributed by atoms with Crippen molar-refractivity contribution in [3.8, 4) is 5.75 Å². The number of hydrogen-bond acceptors (Lipinski definition) is 4. The quantitative estimate of drug-likeness (QED) is 0.366. The molecule has 1 heterocycles. The maximum atomic E-state index is 5.71. The molecule has 2 aromatic rings. The van der Waals surface area contributed by atoms with E-state index in [-0.39, 0.29) is 0 Å². The topological polar surface area (TPSA) is 68.0 Å². The van der Waals surface area contributed by atoms with Crippen LogP contribution >= 0.6 is 0 Å². The molecular formula is C20H29N3O3. The molecule has 0 fully saturated rings. The van der Waals surface area contributed by atoms with E-state index in [0.29, 0.717) is 19.8 Å². The summed E-state index contributed by atoms with van der Waals surface area (Å²) >= 11 is 0. The highest BCUT2D eigenvalue weighted by atomic mass is 16.5. The van der Waals surface area contributed by atoms with Crippen LogP contribution in [0.1, 0.15) is 24.2 Å². The zero-order valence-corrected chi connectivity index (χ0v) is 15.7. The van der Waals surface area contributed by atoms with Crippen LogP contribution in [-0.4, -0.2) is 39.3 Å². The third-order valence-corrected chi connectivity index (χ3v) is 3.71. The van der Waals surface area contributed by atoms with Gasteiger partial charge in [-0.05, 0) is 44.0 Å². The molecular weight excluding hydrogens is 330 g/mol. The molecule has 0 aliphatic carbocycles. The summed E-state index contributed by atoms with van der Waals surface area (Å²) in [5, 5.41) is 6.55. The first-order valence-corrected chi connectivity index (χ1v) is 9.02. The van der Waals surface area contributed by atoms with Crippen LogP contribution in [0.25, 0.3) is 0 Å². The molecule has 142 valence electrons. The van der Waals surface area contributed by atoms with Gasteiger partial charge in [-0.1, -0.05) is 17.7 Å². The maximum Gasteiger partial charge on any atom is 0.190 e. The molecule has 2 rings (SSSR count). The highest BCUT2D eigenvalue weighted by molar-refractivity contribution is 5.79. The standard InChI is InChI=1S/C20H29N3O3/c1-17-7-9-18(10-8-17)25-15-5-12-23-20(21-2)22-11-4-13-24-16-19-6-3-14-26-19/h3,6-10,14H,4-5,11-13,15-16H2,1-2H3,(H2,21,22,23). The molecule has 0 aliphatic rings. The highest BCUT2D eigenvalue weighted by Crippen LogP contribution is 2.11. The first kappa shape index (κ1) is 19.8. The van der Waals surface area contributed by atoms with Gasteiger partial charge in [0.2, 0.25) is 0 Å². The first-order valence-electron chi connectivity index (χ1n) is 9.02. The molecule has 0 saturated carbocycles. The van der Waals surface area contributed by atoms with Crippen molar-refractivity contribution in [1.29, 1.82) is 0 Å². The second-order valence-corrected chi connectivity index (χ2v) is 5.93. The first-order chi connectivity index (χ1) is 12.8. The highest BCUT2D eigenvalue weighted by Gasteiger charge is 1.99. The molecule has 1 aromatic carbocycles. The summed E-state index contributed by atoms with van der Waals surface area (Å²) in [6, 6.07) is 11.9. The van der Waals surface area contributed by atoms with Crippen LogP contribution in [0, 0.1) is 6.92 Å². The largest absolute Gasteiger partial charge is 0.494 e. The van der Waals surface area contributed by atoms with Crippen LogP contribution in [0.4, 0.5) is 0 Å². The Balaban J connectivity index is 1.46. The van der Waals surface area contributed by atoms with E-state index < -0.39 is 0 Å². The smallest absolute Gasteiger partial charge is 0.190 e. The van der Waals surface area contributed by atoms with Gasteiger partial charge in [0, 0.05) is 26.7 Å². The summed E-state index contributed by atoms with van der Waals surface area (Å²) < 4.78 is 16.5.